The van der Waals surface area contributed by atoms with Crippen molar-refractivity contribution in [1.29, 1.82) is 0 Å². The second-order valence-corrected chi connectivity index (χ2v) is 5.01. The van der Waals surface area contributed by atoms with Crippen molar-refractivity contribution in [1.82, 2.24) is 5.32 Å². The molecule has 1 N–H and O–H groups in total. The molecule has 1 fully saturated rings. The van der Waals surface area contributed by atoms with Gasteiger partial charge in [-0.1, -0.05) is 44.2 Å². The van der Waals surface area contributed by atoms with Crippen LogP contribution in [0.5, 0.6) is 0 Å². The van der Waals surface area contributed by atoms with Gasteiger partial charge >= 0.3 is 0 Å². The lowest BCUT2D eigenvalue weighted by Crippen LogP contribution is -2.35. The van der Waals surface area contributed by atoms with E-state index in [2.05, 4.69) is 49.5 Å². The molecule has 0 bridgehead atoms. The first kappa shape index (κ1) is 10.7. The summed E-state index contributed by atoms with van der Waals surface area (Å²) < 4.78 is 0. The third-order valence-electron chi connectivity index (χ3n) is 3.32. The van der Waals surface area contributed by atoms with Crippen molar-refractivity contribution in [3.05, 3.63) is 35.9 Å². The Labute approximate surface area is 92.9 Å². The summed E-state index contributed by atoms with van der Waals surface area (Å²) in [6, 6.07) is 11.5. The summed E-state index contributed by atoms with van der Waals surface area (Å²) >= 11 is 0. The Morgan fingerprint density at radius 3 is 2.47 bits per heavy atom. The smallest absolute Gasteiger partial charge is 0.00104 e. The summed E-state index contributed by atoms with van der Waals surface area (Å²) in [4.78, 5) is 0. The molecule has 82 valence electrons. The van der Waals surface area contributed by atoms with Gasteiger partial charge in [0.1, 0.15) is 0 Å². The largest absolute Gasteiger partial charge is 0.314 e. The maximum absolute atomic E-state index is 3.52. The number of hydrogen-bond acceptors (Lipinski definition) is 1. The Morgan fingerprint density at radius 2 is 1.87 bits per heavy atom. The lowest BCUT2D eigenvalue weighted by molar-refractivity contribution is 0.249. The van der Waals surface area contributed by atoms with Crippen molar-refractivity contribution in [3.8, 4) is 0 Å². The summed E-state index contributed by atoms with van der Waals surface area (Å²) in [5, 5.41) is 3.52. The molecule has 0 amide bonds. The zero-order valence-corrected chi connectivity index (χ0v) is 9.74. The van der Waals surface area contributed by atoms with E-state index >= 15 is 0 Å². The van der Waals surface area contributed by atoms with Crippen molar-refractivity contribution >= 4 is 0 Å². The van der Waals surface area contributed by atoms with Crippen LogP contribution in [-0.2, 0) is 0 Å². The molecule has 1 aromatic carbocycles. The minimum atomic E-state index is 0.626. The lowest BCUT2D eigenvalue weighted by Gasteiger charge is -2.36. The van der Waals surface area contributed by atoms with Gasteiger partial charge in [-0.15, -0.1) is 0 Å². The lowest BCUT2D eigenvalue weighted by atomic mass is 9.71. The third-order valence-corrected chi connectivity index (χ3v) is 3.32. The first-order valence-electron chi connectivity index (χ1n) is 6.04. The van der Waals surface area contributed by atoms with Crippen LogP contribution in [0, 0.1) is 5.92 Å². The van der Waals surface area contributed by atoms with Crippen LogP contribution in [0.4, 0.5) is 0 Å². The molecule has 0 unspecified atom stereocenters. The van der Waals surface area contributed by atoms with E-state index in [1.807, 2.05) is 0 Å². The molecule has 1 aromatic rings. The van der Waals surface area contributed by atoms with Crippen LogP contribution in [0.25, 0.3) is 0 Å². The molecule has 15 heavy (non-hydrogen) atoms. The topological polar surface area (TPSA) is 12.0 Å². The average molecular weight is 203 g/mol. The fraction of sp³-hybridized carbons (Fsp3) is 0.571. The van der Waals surface area contributed by atoms with Crippen LogP contribution in [0.1, 0.15) is 38.2 Å². The molecular formula is C14H21N. The normalized spacial score (nSPS) is 25.3. The highest BCUT2D eigenvalue weighted by atomic mass is 14.9. The molecule has 1 aliphatic carbocycles. The van der Waals surface area contributed by atoms with Crippen molar-refractivity contribution in [2.75, 3.05) is 6.54 Å². The Kier molecular flexibility index (Phi) is 3.42. The van der Waals surface area contributed by atoms with Gasteiger partial charge in [-0.05, 0) is 36.8 Å². The SMILES string of the molecule is CC(C)NCC1CC(c2ccccc2)C1. The average Bonchev–Trinajstić information content (AvgIpc) is 2.16. The van der Waals surface area contributed by atoms with Gasteiger partial charge in [-0.3, -0.25) is 0 Å². The van der Waals surface area contributed by atoms with Crippen LogP contribution in [0.15, 0.2) is 30.3 Å². The van der Waals surface area contributed by atoms with E-state index in [0.29, 0.717) is 6.04 Å². The van der Waals surface area contributed by atoms with Crippen LogP contribution in [0.2, 0.25) is 0 Å². The molecule has 1 saturated carbocycles. The Hall–Kier alpha value is -0.820. The first-order valence-corrected chi connectivity index (χ1v) is 6.04. The molecule has 0 atom stereocenters. The molecule has 0 aliphatic heterocycles. The second-order valence-electron chi connectivity index (χ2n) is 5.01. The van der Waals surface area contributed by atoms with Gasteiger partial charge in [-0.2, -0.15) is 0 Å². The van der Waals surface area contributed by atoms with Crippen LogP contribution in [-0.4, -0.2) is 12.6 Å². The van der Waals surface area contributed by atoms with E-state index in [9.17, 15) is 0 Å². The summed E-state index contributed by atoms with van der Waals surface area (Å²) in [5.41, 5.74) is 1.53. The standard InChI is InChI=1S/C14H21N/c1-11(2)15-10-12-8-14(9-12)13-6-4-3-5-7-13/h3-7,11-12,14-15H,8-10H2,1-2H3. The number of benzene rings is 1. The monoisotopic (exact) mass is 203 g/mol. The molecule has 2 rings (SSSR count). The van der Waals surface area contributed by atoms with E-state index in [-0.39, 0.29) is 0 Å². The number of rotatable bonds is 4. The maximum Gasteiger partial charge on any atom is 0.00104 e. The highest BCUT2D eigenvalue weighted by molar-refractivity contribution is 5.21. The molecule has 1 aliphatic rings. The van der Waals surface area contributed by atoms with E-state index in [4.69, 9.17) is 0 Å². The summed E-state index contributed by atoms with van der Waals surface area (Å²) in [7, 11) is 0. The zero-order valence-electron chi connectivity index (χ0n) is 9.74. The Morgan fingerprint density at radius 1 is 1.20 bits per heavy atom. The van der Waals surface area contributed by atoms with Crippen molar-refractivity contribution in [3.63, 3.8) is 0 Å². The minimum Gasteiger partial charge on any atom is -0.314 e. The first-order chi connectivity index (χ1) is 7.25. The third kappa shape index (κ3) is 2.82. The summed E-state index contributed by atoms with van der Waals surface area (Å²) in [6.45, 7) is 5.63. The van der Waals surface area contributed by atoms with E-state index in [1.165, 1.54) is 24.9 Å². The van der Waals surface area contributed by atoms with Gasteiger partial charge in [0.2, 0.25) is 0 Å². The van der Waals surface area contributed by atoms with Crippen LogP contribution >= 0.6 is 0 Å². The fourth-order valence-corrected chi connectivity index (χ4v) is 2.30. The van der Waals surface area contributed by atoms with Crippen LogP contribution in [0.3, 0.4) is 0 Å². The van der Waals surface area contributed by atoms with E-state index in [1.54, 1.807) is 0 Å². The van der Waals surface area contributed by atoms with Gasteiger partial charge in [0.25, 0.3) is 0 Å². The highest BCUT2D eigenvalue weighted by Crippen LogP contribution is 2.40. The molecule has 0 heterocycles. The predicted molar refractivity (Wildman–Crippen MR) is 65.0 cm³/mol. The summed E-state index contributed by atoms with van der Waals surface area (Å²) in [6.07, 6.45) is 2.73. The predicted octanol–water partition coefficient (Wildman–Crippen LogP) is 3.18. The summed E-state index contributed by atoms with van der Waals surface area (Å²) in [5.74, 6) is 1.72. The second kappa shape index (κ2) is 4.80. The molecule has 1 heteroatoms. The Bertz CT molecular complexity index is 285. The van der Waals surface area contributed by atoms with Gasteiger partial charge in [0, 0.05) is 6.04 Å². The molecule has 0 radical (unpaired) electrons. The molecule has 0 saturated heterocycles. The minimum absolute atomic E-state index is 0.626. The Balaban J connectivity index is 1.74. The maximum atomic E-state index is 3.52. The van der Waals surface area contributed by atoms with Gasteiger partial charge in [-0.25, -0.2) is 0 Å². The van der Waals surface area contributed by atoms with Gasteiger partial charge in [0.15, 0.2) is 0 Å². The zero-order chi connectivity index (χ0) is 10.7. The van der Waals surface area contributed by atoms with Gasteiger partial charge in [0.05, 0.1) is 0 Å². The number of nitrogens with one attached hydrogen (secondary N) is 1. The molecule has 0 spiro atoms. The fourth-order valence-electron chi connectivity index (χ4n) is 2.30. The number of hydrogen-bond donors (Lipinski definition) is 1. The molecular weight excluding hydrogens is 182 g/mol. The van der Waals surface area contributed by atoms with Crippen molar-refractivity contribution < 1.29 is 0 Å². The van der Waals surface area contributed by atoms with Gasteiger partial charge < -0.3 is 5.32 Å². The van der Waals surface area contributed by atoms with Crippen molar-refractivity contribution in [2.24, 2.45) is 5.92 Å². The van der Waals surface area contributed by atoms with E-state index in [0.717, 1.165) is 11.8 Å². The van der Waals surface area contributed by atoms with Crippen LogP contribution < -0.4 is 5.32 Å². The molecule has 0 aromatic heterocycles. The molecule has 1 nitrogen and oxygen atoms in total. The highest BCUT2D eigenvalue weighted by Gasteiger charge is 2.29. The van der Waals surface area contributed by atoms with Crippen molar-refractivity contribution in [2.45, 2.75) is 38.6 Å². The van der Waals surface area contributed by atoms with E-state index < -0.39 is 0 Å². The quantitative estimate of drug-likeness (QED) is 0.792.